The summed E-state index contributed by atoms with van der Waals surface area (Å²) in [5.74, 6) is -0.745. The van der Waals surface area contributed by atoms with E-state index in [0.29, 0.717) is 5.02 Å². The quantitative estimate of drug-likeness (QED) is 0.666. The number of hydrogen-bond acceptors (Lipinski definition) is 4. The van der Waals surface area contributed by atoms with Gasteiger partial charge in [-0.05, 0) is 31.2 Å². The number of hydrogen-bond donors (Lipinski definition) is 1. The zero-order valence-corrected chi connectivity index (χ0v) is 11.7. The number of rotatable bonds is 5. The molecule has 0 radical (unpaired) electrons. The first-order valence-corrected chi connectivity index (χ1v) is 6.58. The third-order valence-corrected chi connectivity index (χ3v) is 3.43. The van der Waals surface area contributed by atoms with Gasteiger partial charge in [-0.1, -0.05) is 11.6 Å². The Balaban J connectivity index is 2.44. The third-order valence-electron chi connectivity index (χ3n) is 2.08. The first kappa shape index (κ1) is 14.9. The summed E-state index contributed by atoms with van der Waals surface area (Å²) in [6, 6.07) is 7.17. The maximum atomic E-state index is 11.6. The number of amides is 1. The molecule has 1 rings (SSSR count). The highest BCUT2D eigenvalue weighted by atomic mass is 35.5. The Kier molecular flexibility index (Phi) is 6.01. The highest BCUT2D eigenvalue weighted by Crippen LogP contribution is 2.25. The number of halogens is 1. The fourth-order valence-electron chi connectivity index (χ4n) is 1.09. The minimum absolute atomic E-state index is 0.249. The molecule has 0 unspecified atom stereocenters. The van der Waals surface area contributed by atoms with Crippen LogP contribution in [0.5, 0.6) is 0 Å². The average Bonchev–Trinajstić information content (AvgIpc) is 2.38. The van der Waals surface area contributed by atoms with Crippen molar-refractivity contribution in [3.05, 3.63) is 29.3 Å². The van der Waals surface area contributed by atoms with Crippen molar-refractivity contribution >= 4 is 35.2 Å². The van der Waals surface area contributed by atoms with E-state index in [9.17, 15) is 9.59 Å². The van der Waals surface area contributed by atoms with E-state index in [1.54, 1.807) is 19.1 Å². The summed E-state index contributed by atoms with van der Waals surface area (Å²) in [7, 11) is 1.49. The lowest BCUT2D eigenvalue weighted by molar-refractivity contribution is -0.147. The molecule has 1 aromatic rings. The van der Waals surface area contributed by atoms with Crippen molar-refractivity contribution in [1.29, 1.82) is 0 Å². The van der Waals surface area contributed by atoms with Crippen molar-refractivity contribution in [2.75, 3.05) is 13.7 Å². The van der Waals surface area contributed by atoms with Gasteiger partial charge in [0.2, 0.25) is 0 Å². The molecule has 4 nitrogen and oxygen atoms in total. The summed E-state index contributed by atoms with van der Waals surface area (Å²) >= 11 is 7.12. The van der Waals surface area contributed by atoms with Crippen LogP contribution in [0.15, 0.2) is 29.2 Å². The Morgan fingerprint density at radius 2 is 2.00 bits per heavy atom. The summed E-state index contributed by atoms with van der Waals surface area (Å²) in [5.41, 5.74) is 0. The van der Waals surface area contributed by atoms with Crippen molar-refractivity contribution in [1.82, 2.24) is 5.32 Å². The maximum absolute atomic E-state index is 11.6. The second kappa shape index (κ2) is 7.28. The molecule has 0 fully saturated rings. The van der Waals surface area contributed by atoms with Gasteiger partial charge in [-0.15, -0.1) is 11.8 Å². The fourth-order valence-corrected chi connectivity index (χ4v) is 2.08. The zero-order chi connectivity index (χ0) is 13.5. The van der Waals surface area contributed by atoms with E-state index in [1.165, 1.54) is 18.8 Å². The molecular weight excluding hydrogens is 274 g/mol. The maximum Gasteiger partial charge on any atom is 0.319 e. The highest BCUT2D eigenvalue weighted by molar-refractivity contribution is 8.00. The van der Waals surface area contributed by atoms with Crippen molar-refractivity contribution in [2.45, 2.75) is 17.1 Å². The molecule has 0 aromatic heterocycles. The lowest BCUT2D eigenvalue weighted by atomic mass is 10.4. The van der Waals surface area contributed by atoms with Crippen LogP contribution < -0.4 is 5.32 Å². The van der Waals surface area contributed by atoms with E-state index in [1.807, 2.05) is 12.1 Å². The smallest absolute Gasteiger partial charge is 0.319 e. The van der Waals surface area contributed by atoms with Gasteiger partial charge in [-0.25, -0.2) is 0 Å². The molecule has 0 aliphatic carbocycles. The number of ether oxygens (including phenoxy) is 1. The molecule has 1 atom stereocenters. The molecule has 0 aliphatic heterocycles. The Labute approximate surface area is 115 Å². The monoisotopic (exact) mass is 287 g/mol. The second-order valence-corrected chi connectivity index (χ2v) is 5.35. The Morgan fingerprint density at radius 3 is 2.56 bits per heavy atom. The van der Waals surface area contributed by atoms with Crippen molar-refractivity contribution in [2.24, 2.45) is 0 Å². The van der Waals surface area contributed by atoms with Gasteiger partial charge >= 0.3 is 5.97 Å². The first-order chi connectivity index (χ1) is 8.52. The van der Waals surface area contributed by atoms with Crippen LogP contribution in [-0.4, -0.2) is 30.8 Å². The van der Waals surface area contributed by atoms with E-state index in [2.05, 4.69) is 5.32 Å². The molecule has 6 heteroatoms. The lowest BCUT2D eigenvalue weighted by Gasteiger charge is -2.10. The molecule has 0 aliphatic rings. The predicted molar refractivity (Wildman–Crippen MR) is 71.8 cm³/mol. The van der Waals surface area contributed by atoms with Gasteiger partial charge < -0.3 is 10.1 Å². The molecule has 0 heterocycles. The normalized spacial score (nSPS) is 11.7. The highest BCUT2D eigenvalue weighted by Gasteiger charge is 2.16. The van der Waals surface area contributed by atoms with Crippen molar-refractivity contribution in [3.8, 4) is 0 Å². The number of benzene rings is 1. The first-order valence-electron chi connectivity index (χ1n) is 5.32. The Morgan fingerprint density at radius 1 is 1.39 bits per heavy atom. The van der Waals surface area contributed by atoms with Crippen LogP contribution in [0.1, 0.15) is 6.92 Å². The van der Waals surface area contributed by atoms with Crippen LogP contribution >= 0.6 is 23.4 Å². The Bertz CT molecular complexity index is 422. The molecule has 0 saturated carbocycles. The van der Waals surface area contributed by atoms with Crippen LogP contribution in [-0.2, 0) is 14.3 Å². The SMILES string of the molecule is CNC(=O)COC(=O)[C@@H](C)Sc1ccc(Cl)cc1. The topological polar surface area (TPSA) is 55.4 Å². The summed E-state index contributed by atoms with van der Waals surface area (Å²) in [4.78, 5) is 23.4. The van der Waals surface area contributed by atoms with E-state index < -0.39 is 5.97 Å². The number of likely N-dealkylation sites (N-methyl/N-ethyl adjacent to an activating group) is 1. The third kappa shape index (κ3) is 4.98. The second-order valence-electron chi connectivity index (χ2n) is 3.49. The molecule has 1 amide bonds. The van der Waals surface area contributed by atoms with Gasteiger partial charge in [0.05, 0.1) is 0 Å². The minimum Gasteiger partial charge on any atom is -0.455 e. The molecule has 1 N–H and O–H groups in total. The van der Waals surface area contributed by atoms with Crippen LogP contribution in [0.25, 0.3) is 0 Å². The summed E-state index contributed by atoms with van der Waals surface area (Å²) in [6.07, 6.45) is 0. The number of carbonyl (C=O) groups excluding carboxylic acids is 2. The van der Waals surface area contributed by atoms with E-state index >= 15 is 0 Å². The number of thioether (sulfide) groups is 1. The van der Waals surface area contributed by atoms with Gasteiger partial charge in [0.15, 0.2) is 6.61 Å². The van der Waals surface area contributed by atoms with Crippen LogP contribution in [0.4, 0.5) is 0 Å². The van der Waals surface area contributed by atoms with Gasteiger partial charge in [0, 0.05) is 17.0 Å². The number of carbonyl (C=O) groups is 2. The van der Waals surface area contributed by atoms with Gasteiger partial charge in [0.25, 0.3) is 5.91 Å². The average molecular weight is 288 g/mol. The van der Waals surface area contributed by atoms with E-state index in [-0.39, 0.29) is 17.8 Å². The number of esters is 1. The standard InChI is InChI=1S/C12H14ClNO3S/c1-8(12(16)17-7-11(15)14-2)18-10-5-3-9(13)4-6-10/h3-6,8H,7H2,1-2H3,(H,14,15)/t8-/m1/s1. The van der Waals surface area contributed by atoms with E-state index in [0.717, 1.165) is 4.90 Å². The molecule has 0 spiro atoms. The van der Waals surface area contributed by atoms with Crippen molar-refractivity contribution < 1.29 is 14.3 Å². The number of nitrogens with one attached hydrogen (secondary N) is 1. The molecule has 1 aromatic carbocycles. The van der Waals surface area contributed by atoms with Crippen molar-refractivity contribution in [3.63, 3.8) is 0 Å². The molecule has 0 bridgehead atoms. The molecule has 98 valence electrons. The predicted octanol–water partition coefficient (Wildman–Crippen LogP) is 2.11. The lowest BCUT2D eigenvalue weighted by Crippen LogP contribution is -2.27. The van der Waals surface area contributed by atoms with Crippen LogP contribution in [0, 0.1) is 0 Å². The van der Waals surface area contributed by atoms with Gasteiger partial charge in [0.1, 0.15) is 5.25 Å². The fraction of sp³-hybridized carbons (Fsp3) is 0.333. The van der Waals surface area contributed by atoms with E-state index in [4.69, 9.17) is 16.3 Å². The van der Waals surface area contributed by atoms with Crippen LogP contribution in [0.3, 0.4) is 0 Å². The minimum atomic E-state index is -0.418. The molecule has 18 heavy (non-hydrogen) atoms. The summed E-state index contributed by atoms with van der Waals surface area (Å²) in [6.45, 7) is 1.48. The summed E-state index contributed by atoms with van der Waals surface area (Å²) in [5, 5.41) is 2.65. The largest absolute Gasteiger partial charge is 0.455 e. The summed E-state index contributed by atoms with van der Waals surface area (Å²) < 4.78 is 4.85. The Hall–Kier alpha value is -1.20. The zero-order valence-electron chi connectivity index (χ0n) is 10.1. The van der Waals surface area contributed by atoms with Gasteiger partial charge in [-0.2, -0.15) is 0 Å². The van der Waals surface area contributed by atoms with Crippen LogP contribution in [0.2, 0.25) is 5.02 Å². The molecular formula is C12H14ClNO3S. The molecule has 0 saturated heterocycles. The van der Waals surface area contributed by atoms with Gasteiger partial charge in [-0.3, -0.25) is 9.59 Å².